The van der Waals surface area contributed by atoms with Gasteiger partial charge in [-0.3, -0.25) is 9.48 Å². The number of fused-ring (bicyclic) bond motifs is 1. The highest BCUT2D eigenvalue weighted by molar-refractivity contribution is 5.97. The smallest absolute Gasteiger partial charge is 0.251 e. The molecule has 1 N–H and O–H groups in total. The van der Waals surface area contributed by atoms with Crippen LogP contribution in [0.5, 0.6) is 0 Å². The van der Waals surface area contributed by atoms with E-state index in [9.17, 15) is 4.79 Å². The fourth-order valence-corrected chi connectivity index (χ4v) is 3.36. The molecule has 0 fully saturated rings. The molecule has 27 heavy (non-hydrogen) atoms. The molecule has 4 rings (SSSR count). The zero-order chi connectivity index (χ0) is 19.0. The summed E-state index contributed by atoms with van der Waals surface area (Å²) < 4.78 is 4.02. The third-order valence-electron chi connectivity index (χ3n) is 4.65. The van der Waals surface area contributed by atoms with Gasteiger partial charge in [-0.25, -0.2) is 4.98 Å². The summed E-state index contributed by atoms with van der Waals surface area (Å²) in [6.45, 7) is 2.66. The Morgan fingerprint density at radius 3 is 2.56 bits per heavy atom. The Hall–Kier alpha value is -3.41. The highest BCUT2D eigenvalue weighted by Crippen LogP contribution is 2.27. The van der Waals surface area contributed by atoms with Crippen molar-refractivity contribution in [3.05, 3.63) is 71.4 Å². The fourth-order valence-electron chi connectivity index (χ4n) is 3.36. The zero-order valence-electron chi connectivity index (χ0n) is 15.6. The van der Waals surface area contributed by atoms with Gasteiger partial charge in [0, 0.05) is 26.2 Å². The number of amides is 1. The Labute approximate surface area is 157 Å². The summed E-state index contributed by atoms with van der Waals surface area (Å²) in [5.41, 5.74) is 5.45. The first kappa shape index (κ1) is 17.0. The van der Waals surface area contributed by atoms with Gasteiger partial charge in [0.2, 0.25) is 0 Å². The van der Waals surface area contributed by atoms with Gasteiger partial charge in [0.05, 0.1) is 16.7 Å². The van der Waals surface area contributed by atoms with E-state index < -0.39 is 0 Å². The SMILES string of the molecule is CNC(=O)c1ccc2c(c1)nc(-c1cc(C)nn1C)n2Cc1ccccc1. The average Bonchev–Trinajstić information content (AvgIpc) is 3.20. The first-order valence-corrected chi connectivity index (χ1v) is 8.84. The van der Waals surface area contributed by atoms with Crippen molar-refractivity contribution in [2.45, 2.75) is 13.5 Å². The molecule has 0 aliphatic rings. The van der Waals surface area contributed by atoms with Crippen LogP contribution in [0.25, 0.3) is 22.6 Å². The molecular formula is C21H21N5O. The largest absolute Gasteiger partial charge is 0.355 e. The number of hydrogen-bond donors (Lipinski definition) is 1. The molecule has 0 atom stereocenters. The predicted octanol–water partition coefficient (Wildman–Crippen LogP) is 3.15. The van der Waals surface area contributed by atoms with Crippen LogP contribution in [0.4, 0.5) is 0 Å². The van der Waals surface area contributed by atoms with Crippen molar-refractivity contribution in [2.75, 3.05) is 7.05 Å². The van der Waals surface area contributed by atoms with Crippen LogP contribution in [-0.2, 0) is 13.6 Å². The fraction of sp³-hybridized carbons (Fsp3) is 0.190. The Morgan fingerprint density at radius 2 is 1.89 bits per heavy atom. The number of aryl methyl sites for hydroxylation is 2. The first-order valence-electron chi connectivity index (χ1n) is 8.84. The van der Waals surface area contributed by atoms with Crippen LogP contribution in [0.1, 0.15) is 21.6 Å². The number of imidazole rings is 1. The molecule has 0 saturated carbocycles. The molecule has 0 bridgehead atoms. The molecule has 0 spiro atoms. The second-order valence-electron chi connectivity index (χ2n) is 6.58. The van der Waals surface area contributed by atoms with E-state index in [4.69, 9.17) is 4.98 Å². The van der Waals surface area contributed by atoms with Crippen molar-refractivity contribution < 1.29 is 4.79 Å². The Balaban J connectivity index is 1.92. The minimum absolute atomic E-state index is 0.118. The van der Waals surface area contributed by atoms with Gasteiger partial charge < -0.3 is 9.88 Å². The molecule has 6 heteroatoms. The van der Waals surface area contributed by atoms with Crippen LogP contribution in [0.15, 0.2) is 54.6 Å². The highest BCUT2D eigenvalue weighted by atomic mass is 16.1. The summed E-state index contributed by atoms with van der Waals surface area (Å²) in [5, 5.41) is 7.13. The van der Waals surface area contributed by atoms with Crippen molar-refractivity contribution in [3.63, 3.8) is 0 Å². The van der Waals surface area contributed by atoms with E-state index in [-0.39, 0.29) is 5.91 Å². The second-order valence-corrected chi connectivity index (χ2v) is 6.58. The summed E-state index contributed by atoms with van der Waals surface area (Å²) in [4.78, 5) is 16.9. The predicted molar refractivity (Wildman–Crippen MR) is 106 cm³/mol. The molecule has 136 valence electrons. The molecule has 2 heterocycles. The van der Waals surface area contributed by atoms with Crippen molar-refractivity contribution in [1.29, 1.82) is 0 Å². The molecule has 0 unspecified atom stereocenters. The van der Waals surface area contributed by atoms with E-state index in [0.29, 0.717) is 12.1 Å². The van der Waals surface area contributed by atoms with Crippen molar-refractivity contribution >= 4 is 16.9 Å². The van der Waals surface area contributed by atoms with Crippen LogP contribution in [0.2, 0.25) is 0 Å². The number of carbonyl (C=O) groups excluding carboxylic acids is 1. The standard InChI is InChI=1S/C21H21N5O/c1-14-11-19(25(3)24-14)20-23-17-12-16(21(27)22-2)9-10-18(17)26(20)13-15-7-5-4-6-8-15/h4-12H,13H2,1-3H3,(H,22,27). The molecule has 2 aromatic heterocycles. The van der Waals surface area contributed by atoms with Crippen LogP contribution in [0.3, 0.4) is 0 Å². The number of carbonyl (C=O) groups is 1. The summed E-state index contributed by atoms with van der Waals surface area (Å²) in [6.07, 6.45) is 0. The van der Waals surface area contributed by atoms with Crippen LogP contribution >= 0.6 is 0 Å². The molecule has 0 saturated heterocycles. The maximum Gasteiger partial charge on any atom is 0.251 e. The van der Waals surface area contributed by atoms with Gasteiger partial charge in [-0.15, -0.1) is 0 Å². The summed E-state index contributed by atoms with van der Waals surface area (Å²) >= 11 is 0. The molecule has 0 radical (unpaired) electrons. The van der Waals surface area contributed by atoms with Crippen LogP contribution < -0.4 is 5.32 Å². The zero-order valence-corrected chi connectivity index (χ0v) is 15.6. The normalized spacial score (nSPS) is 11.1. The Kier molecular flexibility index (Phi) is 4.24. The molecule has 4 aromatic rings. The monoisotopic (exact) mass is 359 g/mol. The number of hydrogen-bond acceptors (Lipinski definition) is 3. The van der Waals surface area contributed by atoms with E-state index in [1.807, 2.05) is 61.1 Å². The minimum atomic E-state index is -0.118. The number of benzene rings is 2. The lowest BCUT2D eigenvalue weighted by Crippen LogP contribution is -2.17. The van der Waals surface area contributed by atoms with Gasteiger partial charge in [-0.05, 0) is 36.8 Å². The quantitative estimate of drug-likeness (QED) is 0.609. The number of nitrogens with one attached hydrogen (secondary N) is 1. The molecular weight excluding hydrogens is 338 g/mol. The van der Waals surface area contributed by atoms with Crippen molar-refractivity contribution in [2.24, 2.45) is 7.05 Å². The summed E-state index contributed by atoms with van der Waals surface area (Å²) in [6, 6.07) is 17.9. The van der Waals surface area contributed by atoms with Gasteiger partial charge in [0.25, 0.3) is 5.91 Å². The van der Waals surface area contributed by atoms with Crippen molar-refractivity contribution in [1.82, 2.24) is 24.6 Å². The van der Waals surface area contributed by atoms with Crippen LogP contribution in [-0.4, -0.2) is 32.3 Å². The lowest BCUT2D eigenvalue weighted by Gasteiger charge is -2.10. The lowest BCUT2D eigenvalue weighted by molar-refractivity contribution is 0.0963. The van der Waals surface area contributed by atoms with Crippen LogP contribution in [0, 0.1) is 6.92 Å². The molecule has 2 aromatic carbocycles. The lowest BCUT2D eigenvalue weighted by atomic mass is 10.2. The third kappa shape index (κ3) is 3.10. The molecule has 6 nitrogen and oxygen atoms in total. The minimum Gasteiger partial charge on any atom is -0.355 e. The van der Waals surface area contributed by atoms with E-state index >= 15 is 0 Å². The third-order valence-corrected chi connectivity index (χ3v) is 4.65. The number of nitrogens with zero attached hydrogens (tertiary/aromatic N) is 4. The Bertz CT molecular complexity index is 1120. The summed E-state index contributed by atoms with van der Waals surface area (Å²) in [5.74, 6) is 0.721. The highest BCUT2D eigenvalue weighted by Gasteiger charge is 2.17. The van der Waals surface area contributed by atoms with Gasteiger partial charge in [0.1, 0.15) is 5.69 Å². The van der Waals surface area contributed by atoms with Crippen molar-refractivity contribution in [3.8, 4) is 11.5 Å². The van der Waals surface area contributed by atoms with Gasteiger partial charge in [0.15, 0.2) is 5.82 Å². The Morgan fingerprint density at radius 1 is 1.11 bits per heavy atom. The first-order chi connectivity index (χ1) is 13.1. The van der Waals surface area contributed by atoms with Gasteiger partial charge in [-0.1, -0.05) is 30.3 Å². The summed E-state index contributed by atoms with van der Waals surface area (Å²) in [7, 11) is 3.55. The maximum absolute atomic E-state index is 12.0. The van der Waals surface area contributed by atoms with E-state index in [1.165, 1.54) is 5.56 Å². The van der Waals surface area contributed by atoms with E-state index in [0.717, 1.165) is 28.2 Å². The number of aromatic nitrogens is 4. The maximum atomic E-state index is 12.0. The average molecular weight is 359 g/mol. The van der Waals surface area contributed by atoms with Gasteiger partial charge in [-0.2, -0.15) is 5.10 Å². The molecule has 0 aliphatic heterocycles. The molecule has 0 aliphatic carbocycles. The topological polar surface area (TPSA) is 64.7 Å². The number of rotatable bonds is 4. The van der Waals surface area contributed by atoms with E-state index in [2.05, 4.69) is 27.1 Å². The molecule has 1 amide bonds. The van der Waals surface area contributed by atoms with E-state index in [1.54, 1.807) is 7.05 Å². The second kappa shape index (κ2) is 6.72. The van der Waals surface area contributed by atoms with Gasteiger partial charge >= 0.3 is 0 Å².